The van der Waals surface area contributed by atoms with Crippen molar-refractivity contribution in [3.8, 4) is 23.3 Å². The molecule has 0 aromatic heterocycles. The molecule has 346 valence electrons. The van der Waals surface area contributed by atoms with E-state index in [9.17, 15) is 26.1 Å². The Morgan fingerprint density at radius 3 is 2.24 bits per heavy atom. The summed E-state index contributed by atoms with van der Waals surface area (Å²) in [6.45, 7) is 12.0. The average Bonchev–Trinajstić information content (AvgIpc) is 3.29. The predicted octanol–water partition coefficient (Wildman–Crippen LogP) is 11.1. The molecule has 3 aliphatic rings. The van der Waals surface area contributed by atoms with Gasteiger partial charge in [-0.3, -0.25) is 4.79 Å². The minimum Gasteiger partial charge on any atom is -0.506 e. The van der Waals surface area contributed by atoms with Gasteiger partial charge in [0.15, 0.2) is 5.78 Å². The number of aliphatic hydroxyl groups is 1. The van der Waals surface area contributed by atoms with Gasteiger partial charge in [-0.25, -0.2) is 0 Å². The normalized spacial score (nSPS) is 28.3. The summed E-state index contributed by atoms with van der Waals surface area (Å²) in [5, 5.41) is 33.5. The third-order valence-corrected chi connectivity index (χ3v) is 13.4. The van der Waals surface area contributed by atoms with Gasteiger partial charge in [0, 0.05) is 21.3 Å². The van der Waals surface area contributed by atoms with Crippen LogP contribution < -0.4 is 4.74 Å². The lowest BCUT2D eigenvalue weighted by Crippen LogP contribution is -2.52. The largest absolute Gasteiger partial charge is 0.506 e. The molecule has 0 bridgehead atoms. The number of carbonyl (C=O) groups excluding carboxylic acids is 1. The Labute approximate surface area is 386 Å². The van der Waals surface area contributed by atoms with Gasteiger partial charge in [0.05, 0.1) is 85.4 Å². The van der Waals surface area contributed by atoms with E-state index in [0.29, 0.717) is 34.9 Å². The van der Waals surface area contributed by atoms with Crippen LogP contribution in [0.4, 0.5) is 0 Å². The fraction of sp³-hybridized carbons (Fsp3) is 0.481. The van der Waals surface area contributed by atoms with Crippen LogP contribution in [0.3, 0.4) is 0 Å². The fourth-order valence-electron chi connectivity index (χ4n) is 10.2. The number of carbonyl (C=O) groups is 1. The molecule has 66 heavy (non-hydrogen) atoms. The summed E-state index contributed by atoms with van der Waals surface area (Å²) in [7, 11) is 1.49. The second kappa shape index (κ2) is 21.2. The molecular formula is C52H60N6O8. The zero-order chi connectivity index (χ0) is 47.1. The van der Waals surface area contributed by atoms with Gasteiger partial charge < -0.3 is 33.9 Å². The van der Waals surface area contributed by atoms with Crippen LogP contribution in [0.2, 0.25) is 0 Å². The minimum atomic E-state index is -1.26. The molecule has 2 fully saturated rings. The summed E-state index contributed by atoms with van der Waals surface area (Å²) in [5.74, 6) is 4.38. The number of benzene rings is 4. The van der Waals surface area contributed by atoms with Crippen LogP contribution in [0.5, 0.6) is 11.5 Å². The molecule has 3 unspecified atom stereocenters. The first-order valence-electron chi connectivity index (χ1n) is 22.8. The van der Waals surface area contributed by atoms with Crippen molar-refractivity contribution >= 4 is 16.6 Å². The average molecular weight is 897 g/mol. The number of allylic oxidation sites excluding steroid dienone is 2. The van der Waals surface area contributed by atoms with Crippen molar-refractivity contribution in [2.24, 2.45) is 28.0 Å². The molecule has 0 spiro atoms. The van der Waals surface area contributed by atoms with E-state index in [-0.39, 0.29) is 60.3 Å². The van der Waals surface area contributed by atoms with Crippen LogP contribution in [0.25, 0.3) is 31.7 Å². The summed E-state index contributed by atoms with van der Waals surface area (Å²) in [6.07, 6.45) is 0.423. The molecule has 7 rings (SSSR count). The molecule has 2 heterocycles. The minimum absolute atomic E-state index is 0.0272. The smallest absolute Gasteiger partial charge is 0.173 e. The third kappa shape index (κ3) is 10.1. The highest BCUT2D eigenvalue weighted by molar-refractivity contribution is 6.11. The van der Waals surface area contributed by atoms with E-state index in [1.54, 1.807) is 0 Å². The monoisotopic (exact) mass is 896 g/mol. The van der Waals surface area contributed by atoms with Gasteiger partial charge >= 0.3 is 0 Å². The van der Waals surface area contributed by atoms with E-state index in [2.05, 4.69) is 31.9 Å². The molecule has 0 amide bonds. The highest BCUT2D eigenvalue weighted by Crippen LogP contribution is 2.52. The maximum absolute atomic E-state index is 14.7. The Kier molecular flexibility index (Phi) is 15.4. The third-order valence-electron chi connectivity index (χ3n) is 13.4. The maximum Gasteiger partial charge on any atom is 0.173 e. The zero-order valence-electron chi connectivity index (χ0n) is 38.7. The number of nitrogens with zero attached hydrogens (tertiary/aromatic N) is 6. The summed E-state index contributed by atoms with van der Waals surface area (Å²) in [6, 6.07) is 22.7. The summed E-state index contributed by atoms with van der Waals surface area (Å²) in [4.78, 5) is 21.2. The number of azide groups is 2. The quantitative estimate of drug-likeness (QED) is 0.0409. The number of aromatic hydroxyl groups is 1. The van der Waals surface area contributed by atoms with Crippen LogP contribution in [0, 0.1) is 29.6 Å². The van der Waals surface area contributed by atoms with Gasteiger partial charge in [0.2, 0.25) is 0 Å². The van der Waals surface area contributed by atoms with Crippen LogP contribution in [0.15, 0.2) is 95.2 Å². The second-order valence-electron chi connectivity index (χ2n) is 18.2. The lowest BCUT2D eigenvalue weighted by Gasteiger charge is -2.45. The molecule has 2 saturated heterocycles. The number of phenols is 1. The Morgan fingerprint density at radius 2 is 1.61 bits per heavy atom. The van der Waals surface area contributed by atoms with Gasteiger partial charge in [0.1, 0.15) is 17.6 Å². The van der Waals surface area contributed by atoms with Crippen molar-refractivity contribution in [1.29, 1.82) is 0 Å². The first-order valence-corrected chi connectivity index (χ1v) is 22.8. The molecule has 1 aliphatic carbocycles. The molecule has 14 heteroatoms. The van der Waals surface area contributed by atoms with Crippen LogP contribution in [-0.2, 0) is 38.6 Å². The summed E-state index contributed by atoms with van der Waals surface area (Å²) in [5.41, 5.74) is 22.5. The highest BCUT2D eigenvalue weighted by atomic mass is 16.6. The molecule has 4 aromatic carbocycles. The molecule has 2 aliphatic heterocycles. The zero-order valence-corrected chi connectivity index (χ0v) is 38.7. The Morgan fingerprint density at radius 1 is 0.939 bits per heavy atom. The van der Waals surface area contributed by atoms with Crippen molar-refractivity contribution in [3.05, 3.63) is 139 Å². The number of phenolic OH excluding ortho intramolecular Hbond substituents is 1. The van der Waals surface area contributed by atoms with E-state index in [1.807, 2.05) is 126 Å². The number of hydrogen-bond donors (Lipinski definition) is 2. The second-order valence-corrected chi connectivity index (χ2v) is 18.2. The predicted molar refractivity (Wildman–Crippen MR) is 252 cm³/mol. The number of ether oxygens (including phenoxy) is 5. The molecule has 0 saturated carbocycles. The van der Waals surface area contributed by atoms with Crippen molar-refractivity contribution in [1.82, 2.24) is 0 Å². The van der Waals surface area contributed by atoms with Crippen molar-refractivity contribution < 1.29 is 38.7 Å². The molecule has 12 atom stereocenters. The van der Waals surface area contributed by atoms with Crippen LogP contribution >= 0.6 is 0 Å². The number of fused-ring (bicyclic) bond motifs is 2. The van der Waals surface area contributed by atoms with E-state index >= 15 is 0 Å². The standard InChI is InChI=1S/C52H60N6O8/c1-8-9-16-30(2)21-22-41(59)44-31(3)23-36-24-38-37(42-26-40(55-57-53)49(32(4)65-42)63-28-34-17-12-10-13-18-34)25-39(50(62-7)46(38)48(61)45(36)47(44)60)43-27-52(6,56-58-54)51(33(5)66-43)64-29-35-19-14-11-15-20-35/h8-15,17-20,24-25,30-33,40-44,49,51,59,61H,16,23,26-29H2,1-7H3/b9-8-/t30-,31?,32-,33+,40-,41?,42-,43+,44?,49-,51-,52+/m1/s1. The first kappa shape index (κ1) is 48.1. The molecule has 0 radical (unpaired) electrons. The number of ketones is 1. The Bertz CT molecular complexity index is 2570. The van der Waals surface area contributed by atoms with E-state index in [4.69, 9.17) is 23.7 Å². The number of rotatable bonds is 14. The van der Waals surface area contributed by atoms with Crippen molar-refractivity contribution in [2.45, 2.75) is 135 Å². The first-order chi connectivity index (χ1) is 31.8. The van der Waals surface area contributed by atoms with Crippen molar-refractivity contribution in [2.75, 3.05) is 7.11 Å². The lowest BCUT2D eigenvalue weighted by atomic mass is 9.71. The highest BCUT2D eigenvalue weighted by Gasteiger charge is 2.48. The summed E-state index contributed by atoms with van der Waals surface area (Å²) < 4.78 is 32.7. The summed E-state index contributed by atoms with van der Waals surface area (Å²) >= 11 is 0. The number of Topliss-reactive ketones (excluding diaryl/α,β-unsaturated/α-hetero) is 1. The molecular weight excluding hydrogens is 837 g/mol. The van der Waals surface area contributed by atoms with Crippen molar-refractivity contribution in [3.63, 3.8) is 0 Å². The fourth-order valence-corrected chi connectivity index (χ4v) is 10.2. The van der Waals surface area contributed by atoms with Gasteiger partial charge in [-0.15, -0.1) is 0 Å². The lowest BCUT2D eigenvalue weighted by molar-refractivity contribution is -0.170. The van der Waals surface area contributed by atoms with Crippen LogP contribution in [-0.4, -0.2) is 65.2 Å². The Hall–Kier alpha value is -5.87. The van der Waals surface area contributed by atoms with E-state index < -0.39 is 66.0 Å². The maximum atomic E-state index is 14.7. The topological polar surface area (TPSA) is 201 Å². The van der Waals surface area contributed by atoms with Gasteiger partial charge in [0.25, 0.3) is 0 Å². The molecule has 2 N–H and O–H groups in total. The van der Waals surface area contributed by atoms with Crippen LogP contribution in [0.1, 0.15) is 111 Å². The van der Waals surface area contributed by atoms with Gasteiger partial charge in [-0.05, 0) is 103 Å². The SMILES string of the molecule is C/C=C\C[C@@H](C)C#CC(O)C1C(=O)c2c(cc3c([C@H]4C[C@@H](N=[N+]=[N-])[C@H](OCc5ccccc5)[C@@H](C)O4)cc([C@@H]4C[C@](C)(N=[N+]=[N-])[C@H](OCc5ccccc5)[C@H](C)O4)c(OC)c3c2O)CC1C. The van der Waals surface area contributed by atoms with Gasteiger partial charge in [-0.2, -0.15) is 0 Å². The number of hydrogen-bond acceptors (Lipinski definition) is 10. The number of aliphatic hydroxyl groups excluding tert-OH is 1. The van der Waals surface area contributed by atoms with E-state index in [0.717, 1.165) is 11.1 Å². The Balaban J connectivity index is 1.34. The van der Waals surface area contributed by atoms with Gasteiger partial charge in [-0.1, -0.05) is 116 Å². The molecule has 4 aromatic rings. The van der Waals surface area contributed by atoms with E-state index in [1.165, 1.54) is 7.11 Å². The number of methoxy groups -OCH3 is 1. The molecule has 14 nitrogen and oxygen atoms in total.